The predicted octanol–water partition coefficient (Wildman–Crippen LogP) is 5.11. The highest BCUT2D eigenvalue weighted by molar-refractivity contribution is 5.93. The molecule has 0 radical (unpaired) electrons. The van der Waals surface area contributed by atoms with Gasteiger partial charge in [0.1, 0.15) is 0 Å². The van der Waals surface area contributed by atoms with Gasteiger partial charge in [-0.25, -0.2) is 4.68 Å². The van der Waals surface area contributed by atoms with Gasteiger partial charge in [0.2, 0.25) is 5.91 Å². The SMILES string of the molecule is CC1CC(NC(=O)/C=C/c2ccc3cnn(C4CCCCO4)c3c2)c2ccccc21. The van der Waals surface area contributed by atoms with Crippen LogP contribution in [0.25, 0.3) is 17.0 Å². The first-order chi connectivity index (χ1) is 14.7. The molecule has 2 aromatic carbocycles. The van der Waals surface area contributed by atoms with Crippen molar-refractivity contribution in [2.45, 2.75) is 50.8 Å². The molecular formula is C25H27N3O2. The van der Waals surface area contributed by atoms with Crippen molar-refractivity contribution >= 4 is 22.9 Å². The van der Waals surface area contributed by atoms with Crippen LogP contribution in [0.15, 0.2) is 54.7 Å². The van der Waals surface area contributed by atoms with Crippen LogP contribution in [0.5, 0.6) is 0 Å². The lowest BCUT2D eigenvalue weighted by atomic mass is 10.0. The summed E-state index contributed by atoms with van der Waals surface area (Å²) in [5.74, 6) is 0.410. The summed E-state index contributed by atoms with van der Waals surface area (Å²) in [6.07, 6.45) is 9.60. The van der Waals surface area contributed by atoms with Crippen molar-refractivity contribution in [3.8, 4) is 0 Å². The minimum Gasteiger partial charge on any atom is -0.356 e. The Morgan fingerprint density at radius 2 is 2.07 bits per heavy atom. The van der Waals surface area contributed by atoms with Gasteiger partial charge in [0.15, 0.2) is 6.23 Å². The number of carbonyl (C=O) groups is 1. The lowest BCUT2D eigenvalue weighted by molar-refractivity contribution is -0.117. The molecule has 0 bridgehead atoms. The van der Waals surface area contributed by atoms with Gasteiger partial charge < -0.3 is 10.1 Å². The van der Waals surface area contributed by atoms with E-state index in [0.717, 1.165) is 48.8 Å². The van der Waals surface area contributed by atoms with Gasteiger partial charge in [0, 0.05) is 18.1 Å². The first-order valence-corrected chi connectivity index (χ1v) is 10.9. The number of benzene rings is 2. The first kappa shape index (κ1) is 19.1. The number of aromatic nitrogens is 2. The van der Waals surface area contributed by atoms with E-state index in [4.69, 9.17) is 4.74 Å². The van der Waals surface area contributed by atoms with Crippen LogP contribution in [-0.2, 0) is 9.53 Å². The van der Waals surface area contributed by atoms with Gasteiger partial charge in [0.05, 0.1) is 17.8 Å². The number of rotatable bonds is 4. The third-order valence-corrected chi connectivity index (χ3v) is 6.29. The predicted molar refractivity (Wildman–Crippen MR) is 118 cm³/mol. The molecule has 1 amide bonds. The highest BCUT2D eigenvalue weighted by Crippen LogP contribution is 2.39. The molecule has 0 spiro atoms. The summed E-state index contributed by atoms with van der Waals surface area (Å²) in [5.41, 5.74) is 4.61. The molecule has 1 aliphatic carbocycles. The molecule has 3 unspecified atom stereocenters. The Bertz CT molecular complexity index is 1090. The average Bonchev–Trinajstić information content (AvgIpc) is 3.34. The Hall–Kier alpha value is -2.92. The van der Waals surface area contributed by atoms with E-state index in [9.17, 15) is 4.79 Å². The fourth-order valence-corrected chi connectivity index (χ4v) is 4.72. The van der Waals surface area contributed by atoms with Crippen molar-refractivity contribution in [2.24, 2.45) is 0 Å². The topological polar surface area (TPSA) is 56.2 Å². The Morgan fingerprint density at radius 3 is 2.90 bits per heavy atom. The number of nitrogens with zero attached hydrogens (tertiary/aromatic N) is 2. The van der Waals surface area contributed by atoms with Crippen LogP contribution in [0, 0.1) is 0 Å². The number of carbonyl (C=O) groups excluding carboxylic acids is 1. The van der Waals surface area contributed by atoms with Crippen LogP contribution < -0.4 is 5.32 Å². The largest absolute Gasteiger partial charge is 0.356 e. The van der Waals surface area contributed by atoms with Gasteiger partial charge in [-0.1, -0.05) is 43.3 Å². The molecule has 0 saturated carbocycles. The van der Waals surface area contributed by atoms with E-state index in [-0.39, 0.29) is 18.2 Å². The lowest BCUT2D eigenvalue weighted by Gasteiger charge is -2.23. The molecule has 2 heterocycles. The Balaban J connectivity index is 1.31. The zero-order valence-corrected chi connectivity index (χ0v) is 17.3. The third-order valence-electron chi connectivity index (χ3n) is 6.29. The maximum absolute atomic E-state index is 12.6. The van der Waals surface area contributed by atoms with Gasteiger partial charge in [-0.05, 0) is 60.4 Å². The number of amides is 1. The van der Waals surface area contributed by atoms with Gasteiger partial charge in [0.25, 0.3) is 0 Å². The van der Waals surface area contributed by atoms with Gasteiger partial charge in [-0.15, -0.1) is 0 Å². The van der Waals surface area contributed by atoms with Crippen LogP contribution in [0.1, 0.15) is 67.5 Å². The number of fused-ring (bicyclic) bond motifs is 2. The van der Waals surface area contributed by atoms with Crippen LogP contribution >= 0.6 is 0 Å². The fourth-order valence-electron chi connectivity index (χ4n) is 4.72. The molecule has 3 aromatic rings. The van der Waals surface area contributed by atoms with Crippen LogP contribution in [0.3, 0.4) is 0 Å². The molecule has 154 valence electrons. The molecule has 30 heavy (non-hydrogen) atoms. The number of ether oxygens (including phenoxy) is 1. The average molecular weight is 402 g/mol. The van der Waals surface area contributed by atoms with Crippen molar-refractivity contribution in [1.82, 2.24) is 15.1 Å². The normalized spacial score (nSPS) is 23.7. The summed E-state index contributed by atoms with van der Waals surface area (Å²) in [4.78, 5) is 12.6. The molecule has 1 saturated heterocycles. The molecule has 3 atom stereocenters. The van der Waals surface area contributed by atoms with E-state index in [2.05, 4.69) is 41.6 Å². The Labute approximate surface area is 176 Å². The van der Waals surface area contributed by atoms with E-state index in [0.29, 0.717) is 5.92 Å². The maximum atomic E-state index is 12.6. The summed E-state index contributed by atoms with van der Waals surface area (Å²) in [7, 11) is 0. The summed E-state index contributed by atoms with van der Waals surface area (Å²) in [6, 6.07) is 14.6. The Kier molecular flexibility index (Phi) is 5.13. The minimum absolute atomic E-state index is 0.00297. The molecule has 1 aromatic heterocycles. The number of hydrogen-bond acceptors (Lipinski definition) is 3. The molecule has 1 fully saturated rings. The van der Waals surface area contributed by atoms with E-state index >= 15 is 0 Å². The van der Waals surface area contributed by atoms with Gasteiger partial charge >= 0.3 is 0 Å². The highest BCUT2D eigenvalue weighted by atomic mass is 16.5. The van der Waals surface area contributed by atoms with Crippen molar-refractivity contribution in [3.05, 3.63) is 71.4 Å². The molecular weight excluding hydrogens is 374 g/mol. The monoisotopic (exact) mass is 401 g/mol. The summed E-state index contributed by atoms with van der Waals surface area (Å²) >= 11 is 0. The lowest BCUT2D eigenvalue weighted by Crippen LogP contribution is -2.25. The number of nitrogens with one attached hydrogen (secondary N) is 1. The van der Waals surface area contributed by atoms with Crippen molar-refractivity contribution in [3.63, 3.8) is 0 Å². The van der Waals surface area contributed by atoms with E-state index in [1.54, 1.807) is 6.08 Å². The van der Waals surface area contributed by atoms with Gasteiger partial charge in [-0.3, -0.25) is 4.79 Å². The van der Waals surface area contributed by atoms with Crippen molar-refractivity contribution in [2.75, 3.05) is 6.61 Å². The van der Waals surface area contributed by atoms with Crippen molar-refractivity contribution in [1.29, 1.82) is 0 Å². The van der Waals surface area contributed by atoms with E-state index < -0.39 is 0 Å². The fraction of sp³-hybridized carbons (Fsp3) is 0.360. The molecule has 1 N–H and O–H groups in total. The van der Waals surface area contributed by atoms with E-state index in [1.165, 1.54) is 11.1 Å². The van der Waals surface area contributed by atoms with Gasteiger partial charge in [-0.2, -0.15) is 5.10 Å². The van der Waals surface area contributed by atoms with Crippen LogP contribution in [0.2, 0.25) is 0 Å². The molecule has 5 heteroatoms. The zero-order valence-electron chi connectivity index (χ0n) is 17.3. The zero-order chi connectivity index (χ0) is 20.5. The second-order valence-electron chi connectivity index (χ2n) is 8.39. The first-order valence-electron chi connectivity index (χ1n) is 10.9. The molecule has 5 rings (SSSR count). The molecule has 5 nitrogen and oxygen atoms in total. The second kappa shape index (κ2) is 8.07. The Morgan fingerprint density at radius 1 is 1.20 bits per heavy atom. The summed E-state index contributed by atoms with van der Waals surface area (Å²) in [5, 5.41) is 8.79. The molecule has 1 aliphatic heterocycles. The van der Waals surface area contributed by atoms with E-state index in [1.807, 2.05) is 35.2 Å². The maximum Gasteiger partial charge on any atom is 0.244 e. The van der Waals surface area contributed by atoms with Crippen LogP contribution in [0.4, 0.5) is 0 Å². The summed E-state index contributed by atoms with van der Waals surface area (Å²) in [6.45, 7) is 3.00. The summed E-state index contributed by atoms with van der Waals surface area (Å²) < 4.78 is 7.87. The number of hydrogen-bond donors (Lipinski definition) is 1. The third kappa shape index (κ3) is 3.65. The molecule has 2 aliphatic rings. The van der Waals surface area contributed by atoms with Crippen LogP contribution in [-0.4, -0.2) is 22.3 Å². The smallest absolute Gasteiger partial charge is 0.244 e. The second-order valence-corrected chi connectivity index (χ2v) is 8.39. The highest BCUT2D eigenvalue weighted by Gasteiger charge is 2.28. The standard InChI is InChI=1S/C25H27N3O2/c1-17-14-22(21-7-3-2-6-20(17)21)27-24(29)12-10-18-9-11-19-16-26-28(23(19)15-18)25-8-4-5-13-30-25/h2-3,6-7,9-12,15-17,22,25H,4-5,8,13-14H2,1H3,(H,27,29)/b12-10+. The quantitative estimate of drug-likeness (QED) is 0.618. The minimum atomic E-state index is -0.0619. The van der Waals surface area contributed by atoms with Crippen molar-refractivity contribution < 1.29 is 9.53 Å².